The lowest BCUT2D eigenvalue weighted by Crippen LogP contribution is -2.13. The summed E-state index contributed by atoms with van der Waals surface area (Å²) in [6.45, 7) is 8.66. The van der Waals surface area contributed by atoms with E-state index in [4.69, 9.17) is 9.47 Å². The van der Waals surface area contributed by atoms with E-state index in [-0.39, 0.29) is 24.0 Å². The van der Waals surface area contributed by atoms with Crippen LogP contribution in [0.3, 0.4) is 0 Å². The molecule has 0 bridgehead atoms. The lowest BCUT2D eigenvalue weighted by atomic mass is 9.86. The van der Waals surface area contributed by atoms with Crippen LogP contribution in [-0.4, -0.2) is 30.2 Å². The van der Waals surface area contributed by atoms with E-state index in [9.17, 15) is 9.59 Å². The monoisotopic (exact) mass is 531 g/mol. The van der Waals surface area contributed by atoms with Crippen LogP contribution in [-0.2, 0) is 14.9 Å². The number of nitrogens with zero attached hydrogens (tertiary/aromatic N) is 1. The van der Waals surface area contributed by atoms with Crippen molar-refractivity contribution in [3.8, 4) is 27.9 Å². The first kappa shape index (κ1) is 26.9. The Morgan fingerprint density at radius 2 is 1.43 bits per heavy atom. The van der Waals surface area contributed by atoms with E-state index in [1.54, 1.807) is 12.1 Å². The van der Waals surface area contributed by atoms with E-state index in [2.05, 4.69) is 57.2 Å². The fourth-order valence-electron chi connectivity index (χ4n) is 5.07. The zero-order chi connectivity index (χ0) is 28.4. The van der Waals surface area contributed by atoms with Crippen molar-refractivity contribution in [2.45, 2.75) is 33.1 Å². The number of fused-ring (bicyclic) bond motifs is 1. The molecule has 0 unspecified atom stereocenters. The molecule has 40 heavy (non-hydrogen) atoms. The first-order chi connectivity index (χ1) is 19.2. The average molecular weight is 532 g/mol. The van der Waals surface area contributed by atoms with Gasteiger partial charge in [0.1, 0.15) is 5.69 Å². The van der Waals surface area contributed by atoms with Crippen molar-refractivity contribution in [3.63, 3.8) is 0 Å². The van der Waals surface area contributed by atoms with Gasteiger partial charge in [0.2, 0.25) is 0 Å². The second kappa shape index (κ2) is 10.9. The van der Waals surface area contributed by atoms with E-state index >= 15 is 0 Å². The van der Waals surface area contributed by atoms with Crippen molar-refractivity contribution < 1.29 is 19.1 Å². The molecule has 0 radical (unpaired) electrons. The van der Waals surface area contributed by atoms with Crippen molar-refractivity contribution in [1.82, 2.24) is 4.57 Å². The molecule has 0 aliphatic carbocycles. The first-order valence-corrected chi connectivity index (χ1v) is 13.4. The fraction of sp³-hybridized carbons (Fsp3) is 0.200. The van der Waals surface area contributed by atoms with Gasteiger partial charge < -0.3 is 14.0 Å². The van der Waals surface area contributed by atoms with Gasteiger partial charge in [-0.1, -0.05) is 87.5 Å². The second-order valence-corrected chi connectivity index (χ2v) is 10.7. The number of esters is 2. The maximum atomic E-state index is 13.6. The van der Waals surface area contributed by atoms with Gasteiger partial charge in [-0.3, -0.25) is 0 Å². The standard InChI is InChI=1S/C35H33NO4/c1-6-40-34(38)32-31(24-18-20-27(21-19-24)35(2,3)4)29-12-7-8-13-30(29)36(32)28-11-9-10-26(22-28)23-14-16-25(17-15-23)33(37)39-5/h7-22H,6H2,1-5H3. The summed E-state index contributed by atoms with van der Waals surface area (Å²) < 4.78 is 12.4. The summed E-state index contributed by atoms with van der Waals surface area (Å²) in [5.41, 5.74) is 7.69. The Labute approximate surface area is 235 Å². The molecule has 0 saturated heterocycles. The van der Waals surface area contributed by atoms with Crippen LogP contribution in [0.1, 0.15) is 54.1 Å². The van der Waals surface area contributed by atoms with Gasteiger partial charge in [0, 0.05) is 16.6 Å². The molecule has 0 fully saturated rings. The van der Waals surface area contributed by atoms with Crippen molar-refractivity contribution in [3.05, 3.63) is 114 Å². The molecule has 0 aliphatic heterocycles. The third-order valence-electron chi connectivity index (χ3n) is 7.13. The van der Waals surface area contributed by atoms with Gasteiger partial charge in [-0.15, -0.1) is 0 Å². The smallest absolute Gasteiger partial charge is 0.355 e. The summed E-state index contributed by atoms with van der Waals surface area (Å²) in [4.78, 5) is 25.5. The van der Waals surface area contributed by atoms with Crippen LogP contribution < -0.4 is 0 Å². The third-order valence-corrected chi connectivity index (χ3v) is 7.13. The minimum Gasteiger partial charge on any atom is -0.465 e. The third kappa shape index (κ3) is 5.03. The molecule has 5 nitrogen and oxygen atoms in total. The van der Waals surface area contributed by atoms with Crippen LogP contribution in [0.5, 0.6) is 0 Å². The molecular formula is C35H33NO4. The second-order valence-electron chi connectivity index (χ2n) is 10.7. The molecule has 5 rings (SSSR count). The predicted octanol–water partition coefficient (Wildman–Crippen LogP) is 8.23. The number of hydrogen-bond donors (Lipinski definition) is 0. The van der Waals surface area contributed by atoms with Crippen LogP contribution in [0.25, 0.3) is 38.8 Å². The van der Waals surface area contributed by atoms with Crippen LogP contribution >= 0.6 is 0 Å². The Bertz CT molecular complexity index is 1690. The number of aromatic nitrogens is 1. The minimum absolute atomic E-state index is 0.0198. The molecule has 0 amide bonds. The summed E-state index contributed by atoms with van der Waals surface area (Å²) in [7, 11) is 1.37. The van der Waals surface area contributed by atoms with Crippen LogP contribution in [0.2, 0.25) is 0 Å². The molecule has 1 aromatic heterocycles. The fourth-order valence-corrected chi connectivity index (χ4v) is 5.07. The summed E-state index contributed by atoms with van der Waals surface area (Å²) in [6.07, 6.45) is 0. The molecule has 0 saturated carbocycles. The van der Waals surface area contributed by atoms with Gasteiger partial charge in [0.25, 0.3) is 0 Å². The zero-order valence-electron chi connectivity index (χ0n) is 23.5. The van der Waals surface area contributed by atoms with Gasteiger partial charge in [0.05, 0.1) is 24.8 Å². The van der Waals surface area contributed by atoms with Crippen LogP contribution in [0.15, 0.2) is 97.1 Å². The number of para-hydroxylation sites is 1. The van der Waals surface area contributed by atoms with E-state index in [0.29, 0.717) is 11.3 Å². The number of carbonyl (C=O) groups is 2. The predicted molar refractivity (Wildman–Crippen MR) is 160 cm³/mol. The Morgan fingerprint density at radius 3 is 2.08 bits per heavy atom. The van der Waals surface area contributed by atoms with Crippen molar-refractivity contribution in [2.24, 2.45) is 0 Å². The zero-order valence-corrected chi connectivity index (χ0v) is 23.5. The Morgan fingerprint density at radius 1 is 0.750 bits per heavy atom. The summed E-state index contributed by atoms with van der Waals surface area (Å²) in [5.74, 6) is -0.748. The molecule has 0 aliphatic rings. The highest BCUT2D eigenvalue weighted by Gasteiger charge is 2.26. The molecule has 0 N–H and O–H groups in total. The van der Waals surface area contributed by atoms with E-state index in [0.717, 1.165) is 38.8 Å². The van der Waals surface area contributed by atoms with Crippen LogP contribution in [0, 0.1) is 0 Å². The maximum Gasteiger partial charge on any atom is 0.355 e. The molecular weight excluding hydrogens is 498 g/mol. The molecule has 0 atom stereocenters. The first-order valence-electron chi connectivity index (χ1n) is 13.4. The van der Waals surface area contributed by atoms with E-state index in [1.165, 1.54) is 12.7 Å². The quantitative estimate of drug-likeness (QED) is 0.207. The van der Waals surface area contributed by atoms with Crippen molar-refractivity contribution in [2.75, 3.05) is 13.7 Å². The summed E-state index contributed by atoms with van der Waals surface area (Å²) in [6, 6.07) is 31.8. The molecule has 5 heteroatoms. The summed E-state index contributed by atoms with van der Waals surface area (Å²) in [5, 5.41) is 0.974. The Kier molecular flexibility index (Phi) is 7.31. The molecule has 1 heterocycles. The Balaban J connectivity index is 1.71. The molecule has 5 aromatic rings. The highest BCUT2D eigenvalue weighted by molar-refractivity contribution is 6.09. The minimum atomic E-state index is -0.374. The van der Waals surface area contributed by atoms with Gasteiger partial charge in [-0.2, -0.15) is 0 Å². The number of hydrogen-bond acceptors (Lipinski definition) is 4. The van der Waals surface area contributed by atoms with E-state index in [1.807, 2.05) is 60.0 Å². The molecule has 0 spiro atoms. The Hall–Kier alpha value is -4.64. The normalized spacial score (nSPS) is 11.4. The van der Waals surface area contributed by atoms with Gasteiger partial charge in [-0.25, -0.2) is 9.59 Å². The van der Waals surface area contributed by atoms with Gasteiger partial charge in [0.15, 0.2) is 0 Å². The largest absolute Gasteiger partial charge is 0.465 e. The SMILES string of the molecule is CCOC(=O)c1c(-c2ccc(C(C)(C)C)cc2)c2ccccc2n1-c1cccc(-c2ccc(C(=O)OC)cc2)c1. The maximum absolute atomic E-state index is 13.6. The lowest BCUT2D eigenvalue weighted by Gasteiger charge is -2.19. The number of benzene rings is 4. The highest BCUT2D eigenvalue weighted by Crippen LogP contribution is 2.39. The molecule has 4 aromatic carbocycles. The van der Waals surface area contributed by atoms with Crippen molar-refractivity contribution in [1.29, 1.82) is 0 Å². The van der Waals surface area contributed by atoms with E-state index < -0.39 is 0 Å². The number of rotatable bonds is 6. The topological polar surface area (TPSA) is 57.5 Å². The number of methoxy groups -OCH3 is 1. The molecule has 202 valence electrons. The number of ether oxygens (including phenoxy) is 2. The summed E-state index contributed by atoms with van der Waals surface area (Å²) >= 11 is 0. The highest BCUT2D eigenvalue weighted by atomic mass is 16.5. The van der Waals surface area contributed by atoms with Gasteiger partial charge >= 0.3 is 11.9 Å². The van der Waals surface area contributed by atoms with Gasteiger partial charge in [-0.05, 0) is 64.9 Å². The number of carbonyl (C=O) groups excluding carboxylic acids is 2. The van der Waals surface area contributed by atoms with Crippen molar-refractivity contribution >= 4 is 22.8 Å². The van der Waals surface area contributed by atoms with Crippen LogP contribution in [0.4, 0.5) is 0 Å². The lowest BCUT2D eigenvalue weighted by molar-refractivity contribution is 0.0517. The average Bonchev–Trinajstić information content (AvgIpc) is 3.32.